The fourth-order valence-electron chi connectivity index (χ4n) is 3.89. The minimum Gasteiger partial charge on any atom is -0.344 e. The summed E-state index contributed by atoms with van der Waals surface area (Å²) in [5.74, 6) is -0.823. The van der Waals surface area contributed by atoms with Crippen LogP contribution in [-0.2, 0) is 6.42 Å². The first-order valence-electron chi connectivity index (χ1n) is 9.73. The van der Waals surface area contributed by atoms with Gasteiger partial charge < -0.3 is 5.32 Å². The summed E-state index contributed by atoms with van der Waals surface area (Å²) in [6, 6.07) is 19.5. The first-order chi connectivity index (χ1) is 14.7. The number of fused-ring (bicyclic) bond motifs is 1. The van der Waals surface area contributed by atoms with E-state index in [1.165, 1.54) is 16.3 Å². The molecule has 2 heterocycles. The first-order valence-corrected chi connectivity index (χ1v) is 9.73. The van der Waals surface area contributed by atoms with Crippen molar-refractivity contribution in [3.8, 4) is 17.1 Å². The number of nitrogens with zero attached hydrogens (tertiary/aromatic N) is 4. The predicted octanol–water partition coefficient (Wildman–Crippen LogP) is 3.89. The standard InChI is InChI=1S/C23H18FN5O/c24-17-9-3-4-11-20(17)29-22(19-10-5-6-14-25-19)21(27-28-29)23(30)26-18-13-12-15-7-1-2-8-16(15)18/h1-11,14,18H,12-13H2,(H,26,30)/t18-/m0/s1. The molecule has 0 fully saturated rings. The van der Waals surface area contributed by atoms with Crippen molar-refractivity contribution in [3.05, 3.63) is 95.6 Å². The van der Waals surface area contributed by atoms with E-state index in [0.717, 1.165) is 18.4 Å². The topological polar surface area (TPSA) is 72.7 Å². The smallest absolute Gasteiger partial charge is 0.274 e. The number of benzene rings is 2. The van der Waals surface area contributed by atoms with Crippen molar-refractivity contribution in [2.75, 3.05) is 0 Å². The van der Waals surface area contributed by atoms with Crippen LogP contribution in [0.25, 0.3) is 17.1 Å². The zero-order valence-electron chi connectivity index (χ0n) is 16.0. The molecule has 6 nitrogen and oxygen atoms in total. The maximum atomic E-state index is 14.5. The molecule has 0 aliphatic heterocycles. The molecule has 1 atom stereocenters. The van der Waals surface area contributed by atoms with Crippen LogP contribution in [0, 0.1) is 5.82 Å². The summed E-state index contributed by atoms with van der Waals surface area (Å²) < 4.78 is 15.8. The number of rotatable bonds is 4. The third kappa shape index (κ3) is 3.14. The molecule has 1 aliphatic rings. The molecule has 0 bridgehead atoms. The molecule has 1 aliphatic carbocycles. The van der Waals surface area contributed by atoms with Crippen LogP contribution >= 0.6 is 0 Å². The lowest BCUT2D eigenvalue weighted by molar-refractivity contribution is 0.0932. The highest BCUT2D eigenvalue weighted by atomic mass is 19.1. The lowest BCUT2D eigenvalue weighted by Crippen LogP contribution is -2.28. The van der Waals surface area contributed by atoms with E-state index in [4.69, 9.17) is 0 Å². The van der Waals surface area contributed by atoms with Crippen molar-refractivity contribution in [2.45, 2.75) is 18.9 Å². The number of carbonyl (C=O) groups is 1. The Morgan fingerprint density at radius 1 is 1.03 bits per heavy atom. The summed E-state index contributed by atoms with van der Waals surface area (Å²) >= 11 is 0. The van der Waals surface area contributed by atoms with Crippen molar-refractivity contribution in [3.63, 3.8) is 0 Å². The number of hydrogen-bond acceptors (Lipinski definition) is 4. The molecule has 0 spiro atoms. The number of nitrogens with one attached hydrogen (secondary N) is 1. The molecule has 4 aromatic rings. The van der Waals surface area contributed by atoms with Crippen molar-refractivity contribution >= 4 is 5.91 Å². The summed E-state index contributed by atoms with van der Waals surface area (Å²) in [6.07, 6.45) is 3.35. The first kappa shape index (κ1) is 18.2. The van der Waals surface area contributed by atoms with Crippen molar-refractivity contribution in [1.29, 1.82) is 0 Å². The highest BCUT2D eigenvalue weighted by molar-refractivity contribution is 5.98. The average Bonchev–Trinajstić information content (AvgIpc) is 3.40. The fraction of sp³-hybridized carbons (Fsp3) is 0.130. The summed E-state index contributed by atoms with van der Waals surface area (Å²) in [7, 11) is 0. The quantitative estimate of drug-likeness (QED) is 0.565. The Balaban J connectivity index is 1.56. The van der Waals surface area contributed by atoms with Crippen molar-refractivity contribution in [2.24, 2.45) is 0 Å². The number of para-hydroxylation sites is 1. The molecular formula is C23H18FN5O. The molecule has 0 saturated carbocycles. The van der Waals surface area contributed by atoms with Crippen LogP contribution in [0.15, 0.2) is 72.9 Å². The second-order valence-electron chi connectivity index (χ2n) is 7.13. The minimum absolute atomic E-state index is 0.0936. The molecule has 5 rings (SSSR count). The van der Waals surface area contributed by atoms with E-state index < -0.39 is 5.82 Å². The molecule has 7 heteroatoms. The molecule has 148 valence electrons. The van der Waals surface area contributed by atoms with Crippen LogP contribution in [0.1, 0.15) is 34.1 Å². The third-order valence-electron chi connectivity index (χ3n) is 5.31. The van der Waals surface area contributed by atoms with Gasteiger partial charge in [-0.15, -0.1) is 5.10 Å². The zero-order chi connectivity index (χ0) is 20.5. The molecule has 0 saturated heterocycles. The van der Waals surface area contributed by atoms with E-state index in [1.807, 2.05) is 18.2 Å². The number of carbonyl (C=O) groups excluding carboxylic acids is 1. The molecule has 0 unspecified atom stereocenters. The number of pyridine rings is 1. The van der Waals surface area contributed by atoms with Gasteiger partial charge in [0, 0.05) is 6.20 Å². The molecular weight excluding hydrogens is 381 g/mol. The van der Waals surface area contributed by atoms with Crippen molar-refractivity contribution in [1.82, 2.24) is 25.3 Å². The highest BCUT2D eigenvalue weighted by Gasteiger charge is 2.28. The van der Waals surface area contributed by atoms with Crippen LogP contribution in [0.5, 0.6) is 0 Å². The number of aromatic nitrogens is 4. The van der Waals surface area contributed by atoms with Gasteiger partial charge in [0.1, 0.15) is 17.2 Å². The normalized spacial score (nSPS) is 15.0. The van der Waals surface area contributed by atoms with Gasteiger partial charge in [-0.1, -0.05) is 47.7 Å². The Labute approximate surface area is 172 Å². The van der Waals surface area contributed by atoms with Gasteiger partial charge in [-0.2, -0.15) is 0 Å². The lowest BCUT2D eigenvalue weighted by atomic mass is 10.1. The SMILES string of the molecule is O=C(N[C@H]1CCc2ccccc21)c1nnn(-c2ccccc2F)c1-c1ccccn1. The maximum absolute atomic E-state index is 14.5. The van der Waals surface area contributed by atoms with Gasteiger partial charge in [-0.05, 0) is 48.2 Å². The zero-order valence-corrected chi connectivity index (χ0v) is 16.0. The molecule has 2 aromatic heterocycles. The van der Waals surface area contributed by atoms with E-state index in [1.54, 1.807) is 42.6 Å². The minimum atomic E-state index is -0.462. The second-order valence-corrected chi connectivity index (χ2v) is 7.13. The predicted molar refractivity (Wildman–Crippen MR) is 110 cm³/mol. The van der Waals surface area contributed by atoms with E-state index in [9.17, 15) is 9.18 Å². The Kier molecular flexibility index (Phi) is 4.55. The van der Waals surface area contributed by atoms with E-state index >= 15 is 0 Å². The van der Waals surface area contributed by atoms with Gasteiger partial charge in [0.2, 0.25) is 0 Å². The largest absolute Gasteiger partial charge is 0.344 e. The molecule has 0 radical (unpaired) electrons. The average molecular weight is 399 g/mol. The van der Waals surface area contributed by atoms with Crippen LogP contribution in [0.2, 0.25) is 0 Å². The molecule has 1 amide bonds. The third-order valence-corrected chi connectivity index (χ3v) is 5.31. The fourth-order valence-corrected chi connectivity index (χ4v) is 3.89. The van der Waals surface area contributed by atoms with Crippen molar-refractivity contribution < 1.29 is 9.18 Å². The molecule has 1 N–H and O–H groups in total. The van der Waals surface area contributed by atoms with Gasteiger partial charge in [0.25, 0.3) is 5.91 Å². The summed E-state index contributed by atoms with van der Waals surface area (Å²) in [6.45, 7) is 0. The summed E-state index contributed by atoms with van der Waals surface area (Å²) in [5, 5.41) is 11.3. The number of halogens is 1. The highest BCUT2D eigenvalue weighted by Crippen LogP contribution is 2.32. The monoisotopic (exact) mass is 399 g/mol. The maximum Gasteiger partial charge on any atom is 0.274 e. The second kappa shape index (κ2) is 7.51. The van der Waals surface area contributed by atoms with Gasteiger partial charge in [-0.25, -0.2) is 9.07 Å². The van der Waals surface area contributed by atoms with Crippen LogP contribution in [0.3, 0.4) is 0 Å². The Morgan fingerprint density at radius 2 is 1.83 bits per heavy atom. The molecule has 2 aromatic carbocycles. The number of aryl methyl sites for hydroxylation is 1. The Hall–Kier alpha value is -3.87. The Bertz CT molecular complexity index is 1220. The van der Waals surface area contributed by atoms with E-state index in [2.05, 4.69) is 26.7 Å². The van der Waals surface area contributed by atoms with Crippen LogP contribution < -0.4 is 5.32 Å². The number of amides is 1. The lowest BCUT2D eigenvalue weighted by Gasteiger charge is -2.14. The van der Waals surface area contributed by atoms with E-state index in [0.29, 0.717) is 11.4 Å². The summed E-state index contributed by atoms with van der Waals surface area (Å²) in [5.41, 5.74) is 3.51. The Morgan fingerprint density at radius 3 is 2.67 bits per heavy atom. The van der Waals surface area contributed by atoms with Gasteiger partial charge in [-0.3, -0.25) is 9.78 Å². The van der Waals surface area contributed by atoms with Gasteiger partial charge in [0.05, 0.1) is 11.7 Å². The van der Waals surface area contributed by atoms with Crippen LogP contribution in [-0.4, -0.2) is 25.9 Å². The van der Waals surface area contributed by atoms with E-state index in [-0.39, 0.29) is 23.3 Å². The van der Waals surface area contributed by atoms with Gasteiger partial charge in [0.15, 0.2) is 5.69 Å². The number of hydrogen-bond donors (Lipinski definition) is 1. The van der Waals surface area contributed by atoms with Gasteiger partial charge >= 0.3 is 0 Å². The summed E-state index contributed by atoms with van der Waals surface area (Å²) in [4.78, 5) is 17.5. The molecule has 30 heavy (non-hydrogen) atoms. The van der Waals surface area contributed by atoms with Crippen LogP contribution in [0.4, 0.5) is 4.39 Å².